The molecule has 21 heavy (non-hydrogen) atoms. The lowest BCUT2D eigenvalue weighted by Crippen LogP contribution is -2.35. The zero-order chi connectivity index (χ0) is 16.2. The molecule has 0 saturated heterocycles. The van der Waals surface area contributed by atoms with Crippen LogP contribution in [0.5, 0.6) is 0 Å². The first-order valence-corrected chi connectivity index (χ1v) is 9.15. The minimum atomic E-state index is -3.57. The van der Waals surface area contributed by atoms with E-state index >= 15 is 0 Å². The van der Waals surface area contributed by atoms with Crippen molar-refractivity contribution in [3.05, 3.63) is 22.7 Å². The maximum Gasteiger partial charge on any atom is 0.243 e. The molecule has 0 bridgehead atoms. The molecule has 0 saturated carbocycles. The number of rotatable bonds is 7. The molecule has 0 aliphatic rings. The number of anilines is 1. The first kappa shape index (κ1) is 18.3. The zero-order valence-corrected chi connectivity index (χ0v) is 14.8. The Morgan fingerprint density at radius 2 is 1.81 bits per heavy atom. The van der Waals surface area contributed by atoms with Gasteiger partial charge in [-0.3, -0.25) is 0 Å². The van der Waals surface area contributed by atoms with Gasteiger partial charge in [-0.1, -0.05) is 45.2 Å². The molecular weight excluding hydrogens is 308 g/mol. The van der Waals surface area contributed by atoms with Crippen molar-refractivity contribution in [1.82, 2.24) is 4.31 Å². The van der Waals surface area contributed by atoms with Crippen LogP contribution in [0.1, 0.15) is 39.2 Å². The molecule has 0 spiro atoms. The SMILES string of the molecule is CCC(CC)CN(CC)S(=O)(=O)c1cc(Cl)cc(N)c1C. The predicted octanol–water partition coefficient (Wildman–Crippen LogP) is 3.68. The largest absolute Gasteiger partial charge is 0.398 e. The lowest BCUT2D eigenvalue weighted by atomic mass is 10.0. The monoisotopic (exact) mass is 332 g/mol. The van der Waals surface area contributed by atoms with E-state index < -0.39 is 10.0 Å². The Morgan fingerprint density at radius 1 is 1.24 bits per heavy atom. The highest BCUT2D eigenvalue weighted by Gasteiger charge is 2.27. The van der Waals surface area contributed by atoms with Gasteiger partial charge in [-0.05, 0) is 30.5 Å². The van der Waals surface area contributed by atoms with Gasteiger partial charge in [-0.25, -0.2) is 8.42 Å². The molecule has 6 heteroatoms. The smallest absolute Gasteiger partial charge is 0.243 e. The third kappa shape index (κ3) is 4.11. The zero-order valence-electron chi connectivity index (χ0n) is 13.2. The van der Waals surface area contributed by atoms with Crippen molar-refractivity contribution in [1.29, 1.82) is 0 Å². The van der Waals surface area contributed by atoms with Crippen molar-refractivity contribution >= 4 is 27.3 Å². The molecule has 0 aliphatic carbocycles. The van der Waals surface area contributed by atoms with E-state index in [2.05, 4.69) is 13.8 Å². The highest BCUT2D eigenvalue weighted by atomic mass is 35.5. The second-order valence-electron chi connectivity index (χ2n) is 5.26. The Morgan fingerprint density at radius 3 is 2.29 bits per heavy atom. The number of nitrogens with two attached hydrogens (primary N) is 1. The number of nitrogens with zero attached hydrogens (tertiary/aromatic N) is 1. The summed E-state index contributed by atoms with van der Waals surface area (Å²) in [5.74, 6) is 0.358. The van der Waals surface area contributed by atoms with E-state index in [-0.39, 0.29) is 4.90 Å². The number of benzene rings is 1. The first-order chi connectivity index (χ1) is 9.77. The molecule has 0 atom stereocenters. The Labute approximate surface area is 133 Å². The highest BCUT2D eigenvalue weighted by Crippen LogP contribution is 2.29. The van der Waals surface area contributed by atoms with Gasteiger partial charge >= 0.3 is 0 Å². The maximum absolute atomic E-state index is 12.9. The predicted molar refractivity (Wildman–Crippen MR) is 89.1 cm³/mol. The number of sulfonamides is 1. The quantitative estimate of drug-likeness (QED) is 0.775. The van der Waals surface area contributed by atoms with Crippen LogP contribution in [0.2, 0.25) is 5.02 Å². The van der Waals surface area contributed by atoms with Crippen LogP contribution in [0, 0.1) is 12.8 Å². The molecular formula is C15H25ClN2O2S. The molecule has 0 heterocycles. The Balaban J connectivity index is 3.25. The summed E-state index contributed by atoms with van der Waals surface area (Å²) in [5.41, 5.74) is 6.81. The lowest BCUT2D eigenvalue weighted by molar-refractivity contribution is 0.339. The topological polar surface area (TPSA) is 63.4 Å². The Hall–Kier alpha value is -0.780. The summed E-state index contributed by atoms with van der Waals surface area (Å²) in [7, 11) is -3.57. The highest BCUT2D eigenvalue weighted by molar-refractivity contribution is 7.89. The minimum absolute atomic E-state index is 0.209. The van der Waals surface area contributed by atoms with Crippen molar-refractivity contribution in [3.8, 4) is 0 Å². The molecule has 0 fully saturated rings. The van der Waals surface area contributed by atoms with E-state index in [1.807, 2.05) is 6.92 Å². The first-order valence-electron chi connectivity index (χ1n) is 7.33. The summed E-state index contributed by atoms with van der Waals surface area (Å²) < 4.78 is 27.3. The third-order valence-electron chi connectivity index (χ3n) is 3.95. The van der Waals surface area contributed by atoms with Gasteiger partial charge in [0.05, 0.1) is 4.90 Å². The molecule has 0 radical (unpaired) electrons. The second-order valence-corrected chi connectivity index (χ2v) is 7.60. The molecule has 120 valence electrons. The van der Waals surface area contributed by atoms with Gasteiger partial charge in [-0.2, -0.15) is 4.31 Å². The summed E-state index contributed by atoms with van der Waals surface area (Å²) in [6.07, 6.45) is 1.92. The van der Waals surface area contributed by atoms with Crippen LogP contribution in [-0.4, -0.2) is 25.8 Å². The van der Waals surface area contributed by atoms with E-state index in [9.17, 15) is 8.42 Å². The van der Waals surface area contributed by atoms with Crippen LogP contribution >= 0.6 is 11.6 Å². The number of nitrogen functional groups attached to an aromatic ring is 1. The van der Waals surface area contributed by atoms with Gasteiger partial charge in [0.2, 0.25) is 10.0 Å². The summed E-state index contributed by atoms with van der Waals surface area (Å²) in [5, 5.41) is 0.343. The molecule has 1 aromatic rings. The van der Waals surface area contributed by atoms with Crippen LogP contribution in [0.3, 0.4) is 0 Å². The average molecular weight is 333 g/mol. The van der Waals surface area contributed by atoms with Crippen LogP contribution in [-0.2, 0) is 10.0 Å². The average Bonchev–Trinajstić information content (AvgIpc) is 2.43. The number of hydrogen-bond donors (Lipinski definition) is 1. The van der Waals surface area contributed by atoms with Gasteiger partial charge in [0, 0.05) is 23.8 Å². The van der Waals surface area contributed by atoms with Crippen molar-refractivity contribution in [2.75, 3.05) is 18.8 Å². The number of halogens is 1. The summed E-state index contributed by atoms with van der Waals surface area (Å²) >= 11 is 5.97. The molecule has 1 aromatic carbocycles. The van der Waals surface area contributed by atoms with Crippen LogP contribution in [0.25, 0.3) is 0 Å². The van der Waals surface area contributed by atoms with E-state index in [0.717, 1.165) is 12.8 Å². The normalized spacial score (nSPS) is 12.3. The minimum Gasteiger partial charge on any atom is -0.398 e. The lowest BCUT2D eigenvalue weighted by Gasteiger charge is -2.26. The van der Waals surface area contributed by atoms with Crippen molar-refractivity contribution in [2.45, 2.75) is 45.4 Å². The van der Waals surface area contributed by atoms with Gasteiger partial charge in [0.1, 0.15) is 0 Å². The molecule has 2 N–H and O–H groups in total. The van der Waals surface area contributed by atoms with Crippen molar-refractivity contribution in [2.24, 2.45) is 5.92 Å². The van der Waals surface area contributed by atoms with Crippen molar-refractivity contribution in [3.63, 3.8) is 0 Å². The molecule has 1 rings (SSSR count). The standard InChI is InChI=1S/C15H25ClN2O2S/c1-5-12(6-2)10-18(7-3)21(19,20)15-9-13(16)8-14(17)11(15)4/h8-9,12H,5-7,10,17H2,1-4H3. The number of hydrogen-bond acceptors (Lipinski definition) is 3. The summed E-state index contributed by atoms with van der Waals surface area (Å²) in [6, 6.07) is 3.06. The Bertz CT molecular complexity index is 584. The van der Waals surface area contributed by atoms with Crippen LogP contribution in [0.4, 0.5) is 5.69 Å². The molecule has 4 nitrogen and oxygen atoms in total. The summed E-state index contributed by atoms with van der Waals surface area (Å²) in [4.78, 5) is 0.209. The van der Waals surface area contributed by atoms with E-state index in [0.29, 0.717) is 35.3 Å². The molecule has 0 amide bonds. The Kier molecular flexibility index (Phi) is 6.50. The molecule has 0 aliphatic heterocycles. The van der Waals surface area contributed by atoms with E-state index in [1.165, 1.54) is 10.4 Å². The fourth-order valence-electron chi connectivity index (χ4n) is 2.31. The van der Waals surface area contributed by atoms with Crippen LogP contribution < -0.4 is 5.73 Å². The van der Waals surface area contributed by atoms with Crippen LogP contribution in [0.15, 0.2) is 17.0 Å². The third-order valence-corrected chi connectivity index (χ3v) is 6.24. The summed E-state index contributed by atoms with van der Waals surface area (Å²) in [6.45, 7) is 8.68. The van der Waals surface area contributed by atoms with Crippen molar-refractivity contribution < 1.29 is 8.42 Å². The fourth-order valence-corrected chi connectivity index (χ4v) is 4.41. The van der Waals surface area contributed by atoms with Gasteiger partial charge < -0.3 is 5.73 Å². The second kappa shape index (κ2) is 7.47. The van der Waals surface area contributed by atoms with E-state index in [4.69, 9.17) is 17.3 Å². The van der Waals surface area contributed by atoms with E-state index in [1.54, 1.807) is 13.0 Å². The van der Waals surface area contributed by atoms with Gasteiger partial charge in [0.25, 0.3) is 0 Å². The molecule has 0 unspecified atom stereocenters. The van der Waals surface area contributed by atoms with Gasteiger partial charge in [0.15, 0.2) is 0 Å². The van der Waals surface area contributed by atoms with Gasteiger partial charge in [-0.15, -0.1) is 0 Å². The fraction of sp³-hybridized carbons (Fsp3) is 0.600. The molecule has 0 aromatic heterocycles. The maximum atomic E-state index is 12.9.